The van der Waals surface area contributed by atoms with Crippen LogP contribution in [-0.4, -0.2) is 87.4 Å². The highest BCUT2D eigenvalue weighted by molar-refractivity contribution is 5.71. The number of rotatable bonds is 71. The number of hydrogen-bond donors (Lipinski definition) is 1. The van der Waals surface area contributed by atoms with Crippen molar-refractivity contribution in [2.75, 3.05) is 47.5 Å². The van der Waals surface area contributed by atoms with Crippen LogP contribution in [0.25, 0.3) is 0 Å². The summed E-state index contributed by atoms with van der Waals surface area (Å²) < 4.78 is 23.0. The maximum atomic E-state index is 13.0. The molecule has 0 saturated heterocycles. The van der Waals surface area contributed by atoms with E-state index < -0.39 is 18.4 Å². The lowest BCUT2D eigenvalue weighted by Crippen LogP contribution is -2.40. The molecule has 1 N–H and O–H groups in total. The van der Waals surface area contributed by atoms with Gasteiger partial charge in [0.05, 0.1) is 34.4 Å². The number of carbonyl (C=O) groups is 3. The van der Waals surface area contributed by atoms with Crippen LogP contribution in [-0.2, 0) is 33.3 Å². The number of allylic oxidation sites excluding steroid dienone is 8. The third-order valence-electron chi connectivity index (χ3n) is 17.1. The van der Waals surface area contributed by atoms with Crippen molar-refractivity contribution in [1.82, 2.24) is 0 Å². The molecule has 9 heteroatoms. The number of quaternary nitrogens is 1. The summed E-state index contributed by atoms with van der Waals surface area (Å²) >= 11 is 0. The fourth-order valence-corrected chi connectivity index (χ4v) is 11.3. The van der Waals surface area contributed by atoms with Crippen molar-refractivity contribution in [3.8, 4) is 0 Å². The molecule has 0 aliphatic carbocycles. The maximum absolute atomic E-state index is 13.0. The molecule has 0 saturated carbocycles. The molecule has 2 unspecified atom stereocenters. The number of nitrogens with zero attached hydrogens (tertiary/aromatic N) is 1. The quantitative estimate of drug-likeness (QED) is 0.0211. The molecule has 0 radical (unpaired) electrons. The van der Waals surface area contributed by atoms with Gasteiger partial charge in [0, 0.05) is 12.8 Å². The lowest BCUT2D eigenvalue weighted by molar-refractivity contribution is -0.870. The minimum atomic E-state index is -1.51. The van der Waals surface area contributed by atoms with Crippen molar-refractivity contribution >= 4 is 17.9 Å². The molecule has 0 aliphatic heterocycles. The lowest BCUT2D eigenvalue weighted by Gasteiger charge is -2.25. The van der Waals surface area contributed by atoms with Crippen LogP contribution in [0, 0.1) is 0 Å². The van der Waals surface area contributed by atoms with Gasteiger partial charge in [-0.1, -0.05) is 332 Å². The van der Waals surface area contributed by atoms with Crippen molar-refractivity contribution in [2.45, 2.75) is 386 Å². The maximum Gasteiger partial charge on any atom is 0.361 e. The monoisotopic (exact) mass is 1230 g/mol. The smallest absolute Gasteiger partial charge is 0.361 e. The van der Waals surface area contributed by atoms with Gasteiger partial charge in [0.1, 0.15) is 13.2 Å². The molecule has 0 rings (SSSR count). The second-order valence-electron chi connectivity index (χ2n) is 27.0. The molecule has 0 heterocycles. The predicted octanol–water partition coefficient (Wildman–Crippen LogP) is 23.7. The third-order valence-corrected chi connectivity index (χ3v) is 17.1. The molecule has 0 spiro atoms. The zero-order valence-corrected chi connectivity index (χ0v) is 58.5. The van der Waals surface area contributed by atoms with Crippen molar-refractivity contribution in [3.05, 3.63) is 48.6 Å². The minimum Gasteiger partial charge on any atom is -0.477 e. The Bertz CT molecular complexity index is 1570. The lowest BCUT2D eigenvalue weighted by atomic mass is 10.0. The number of unbranched alkanes of at least 4 members (excludes halogenated alkanes) is 48. The summed E-state index contributed by atoms with van der Waals surface area (Å²) in [5, 5.41) is 9.75. The topological polar surface area (TPSA) is 108 Å². The molecule has 0 bridgehead atoms. The van der Waals surface area contributed by atoms with Crippen molar-refractivity contribution in [1.29, 1.82) is 0 Å². The summed E-state index contributed by atoms with van der Waals surface area (Å²) in [5.41, 5.74) is 0. The molecule has 2 atom stereocenters. The Morgan fingerprint density at radius 3 is 0.908 bits per heavy atom. The molecule has 9 nitrogen and oxygen atoms in total. The largest absolute Gasteiger partial charge is 0.477 e. The number of carboxylic acid groups (broad SMARTS) is 1. The van der Waals surface area contributed by atoms with Gasteiger partial charge >= 0.3 is 17.9 Å². The van der Waals surface area contributed by atoms with E-state index in [9.17, 15) is 19.5 Å². The first kappa shape index (κ1) is 84.2. The van der Waals surface area contributed by atoms with E-state index in [1.807, 2.05) is 21.1 Å². The van der Waals surface area contributed by atoms with Gasteiger partial charge in [0.15, 0.2) is 6.10 Å². The fraction of sp³-hybridized carbons (Fsp3) is 0.859. The molecule has 87 heavy (non-hydrogen) atoms. The molecule has 510 valence electrons. The Labute approximate surface area is 540 Å². The Balaban J connectivity index is 3.97. The van der Waals surface area contributed by atoms with Crippen LogP contribution in [0.5, 0.6) is 0 Å². The van der Waals surface area contributed by atoms with Gasteiger partial charge in [-0.3, -0.25) is 9.59 Å². The second kappa shape index (κ2) is 69.1. The summed E-state index contributed by atoms with van der Waals surface area (Å²) in [6.45, 7) is 4.91. The summed E-state index contributed by atoms with van der Waals surface area (Å²) in [4.78, 5) is 37.6. The van der Waals surface area contributed by atoms with Crippen LogP contribution in [0.2, 0.25) is 0 Å². The third kappa shape index (κ3) is 70.6. The molecular weight excluding hydrogens is 1080 g/mol. The first-order chi connectivity index (χ1) is 42.6. The van der Waals surface area contributed by atoms with Crippen LogP contribution in [0.3, 0.4) is 0 Å². The van der Waals surface area contributed by atoms with E-state index in [4.69, 9.17) is 18.9 Å². The van der Waals surface area contributed by atoms with E-state index in [0.29, 0.717) is 17.4 Å². The normalized spacial score (nSPS) is 12.9. The van der Waals surface area contributed by atoms with Crippen molar-refractivity contribution in [3.63, 3.8) is 0 Å². The van der Waals surface area contributed by atoms with E-state index in [0.717, 1.165) is 51.4 Å². The number of likely N-dealkylation sites (N-methyl/N-ethyl adjacent to an activating group) is 1. The molecule has 0 aliphatic rings. The Morgan fingerprint density at radius 1 is 0.345 bits per heavy atom. The summed E-state index contributed by atoms with van der Waals surface area (Å²) in [5.74, 6) is -1.98. The van der Waals surface area contributed by atoms with E-state index >= 15 is 0 Å². The van der Waals surface area contributed by atoms with Crippen LogP contribution in [0.15, 0.2) is 48.6 Å². The average Bonchev–Trinajstić information content (AvgIpc) is 3.55. The van der Waals surface area contributed by atoms with Gasteiger partial charge in [0.2, 0.25) is 0 Å². The highest BCUT2D eigenvalue weighted by atomic mass is 16.7. The number of aliphatic carboxylic acids is 1. The van der Waals surface area contributed by atoms with Gasteiger partial charge in [-0.2, -0.15) is 0 Å². The molecular formula is C78H146NO8+. The SMILES string of the molecule is CCCCCCC/C=C\C/C=C\CCCCCCCCCCCCCCCCCCCCCCCCCCCCCC(=O)OC(COC(=O)CCCCCCCCCCCCC/C=C\C/C=C\CCCCCCC)COC(OCC[N+](C)(C)C)C(=O)O. The van der Waals surface area contributed by atoms with Gasteiger partial charge in [-0.15, -0.1) is 0 Å². The zero-order valence-electron chi connectivity index (χ0n) is 58.5. The van der Waals surface area contributed by atoms with Crippen LogP contribution in [0.4, 0.5) is 0 Å². The summed E-state index contributed by atoms with van der Waals surface area (Å²) in [7, 11) is 5.99. The van der Waals surface area contributed by atoms with Gasteiger partial charge < -0.3 is 28.5 Å². The number of carboxylic acids is 1. The Kier molecular flexibility index (Phi) is 67.0. The zero-order chi connectivity index (χ0) is 63.3. The Morgan fingerprint density at radius 2 is 0.621 bits per heavy atom. The number of carbonyl (C=O) groups excluding carboxylic acids is 2. The first-order valence-electron chi connectivity index (χ1n) is 37.8. The van der Waals surface area contributed by atoms with Crippen molar-refractivity contribution < 1.29 is 42.9 Å². The molecule has 0 amide bonds. The van der Waals surface area contributed by atoms with E-state index in [2.05, 4.69) is 62.5 Å². The summed E-state index contributed by atoms with van der Waals surface area (Å²) in [6.07, 6.45) is 86.8. The second-order valence-corrected chi connectivity index (χ2v) is 27.0. The van der Waals surface area contributed by atoms with Crippen molar-refractivity contribution in [2.24, 2.45) is 0 Å². The Hall–Kier alpha value is -2.75. The fourth-order valence-electron chi connectivity index (χ4n) is 11.3. The van der Waals surface area contributed by atoms with Crippen LogP contribution >= 0.6 is 0 Å². The standard InChI is InChI=1S/C78H145NO8/c1-6-8-10-12-14-16-18-20-22-24-26-28-30-31-32-33-34-35-36-37-38-39-40-41-42-43-44-45-47-49-51-53-55-57-59-61-63-65-67-69-76(81)87-74(73-86-78(77(82)83)84-71-70-79(3,4)5)72-85-75(80)68-66-64-62-60-58-56-54-52-50-48-46-29-27-25-23-21-19-17-15-13-11-9-7-2/h18-21,24-27,74,78H,6-17,22-23,28-73H2,1-5H3/p+1/b20-18-,21-19-,26-24-,27-25-. The molecule has 0 fully saturated rings. The molecule has 0 aromatic rings. The van der Waals surface area contributed by atoms with Gasteiger partial charge in [-0.25, -0.2) is 4.79 Å². The molecule has 0 aromatic heterocycles. The van der Waals surface area contributed by atoms with E-state index in [-0.39, 0.29) is 38.2 Å². The summed E-state index contributed by atoms with van der Waals surface area (Å²) in [6, 6.07) is 0. The van der Waals surface area contributed by atoms with E-state index in [1.165, 1.54) is 295 Å². The molecule has 0 aromatic carbocycles. The highest BCUT2D eigenvalue weighted by Gasteiger charge is 2.25. The minimum absolute atomic E-state index is 0.179. The van der Waals surface area contributed by atoms with Crippen LogP contribution in [0.1, 0.15) is 373 Å². The number of esters is 2. The van der Waals surface area contributed by atoms with Gasteiger partial charge in [0.25, 0.3) is 6.29 Å². The van der Waals surface area contributed by atoms with Crippen LogP contribution < -0.4 is 0 Å². The first-order valence-corrected chi connectivity index (χ1v) is 37.8. The van der Waals surface area contributed by atoms with Gasteiger partial charge in [-0.05, 0) is 77.0 Å². The van der Waals surface area contributed by atoms with E-state index in [1.54, 1.807) is 0 Å². The number of hydrogen-bond acceptors (Lipinski definition) is 7. The predicted molar refractivity (Wildman–Crippen MR) is 374 cm³/mol. The highest BCUT2D eigenvalue weighted by Crippen LogP contribution is 2.19. The average molecular weight is 1230 g/mol. The number of ether oxygens (including phenoxy) is 4.